The molecule has 12 heteroatoms. The molecule has 4 aromatic rings. The standard InChI is InChI=1S/C28H23N3O7S2/c1-2-38-19-8-3-16(4-9-19)23-14-40-28(30-23)31-24(32)15-39-20-10-6-18(7-11-20)29-25(33)21-12-5-17(26(34)35)13-22(21)27(36)37/h3-14H,2,15H2,1H3,(H,29,33)(H,34,35)(H,36,37)(H,30,31,32). The Bertz CT molecular complexity index is 1550. The van der Waals surface area contributed by atoms with Gasteiger partial charge in [-0.25, -0.2) is 14.6 Å². The van der Waals surface area contributed by atoms with Crippen molar-refractivity contribution in [3.63, 3.8) is 0 Å². The van der Waals surface area contributed by atoms with Gasteiger partial charge in [-0.15, -0.1) is 23.1 Å². The Labute approximate surface area is 237 Å². The van der Waals surface area contributed by atoms with Crippen LogP contribution in [0.2, 0.25) is 0 Å². The second-order valence-electron chi connectivity index (χ2n) is 8.18. The Morgan fingerprint density at radius 2 is 1.62 bits per heavy atom. The first-order valence-corrected chi connectivity index (χ1v) is 13.7. The lowest BCUT2D eigenvalue weighted by molar-refractivity contribution is -0.113. The van der Waals surface area contributed by atoms with E-state index in [0.717, 1.165) is 34.0 Å². The van der Waals surface area contributed by atoms with Crippen molar-refractivity contribution in [3.05, 3.63) is 88.8 Å². The number of nitrogens with zero attached hydrogens (tertiary/aromatic N) is 1. The molecule has 0 saturated carbocycles. The molecular formula is C28H23N3O7S2. The molecule has 40 heavy (non-hydrogen) atoms. The summed E-state index contributed by atoms with van der Waals surface area (Å²) in [6, 6.07) is 17.5. The van der Waals surface area contributed by atoms with Crippen LogP contribution in [0.25, 0.3) is 11.3 Å². The number of rotatable bonds is 11. The van der Waals surface area contributed by atoms with Gasteiger partial charge in [-0.3, -0.25) is 9.59 Å². The van der Waals surface area contributed by atoms with Crippen LogP contribution in [-0.4, -0.2) is 51.3 Å². The normalized spacial score (nSPS) is 10.5. The van der Waals surface area contributed by atoms with Gasteiger partial charge < -0.3 is 25.6 Å². The van der Waals surface area contributed by atoms with E-state index in [1.165, 1.54) is 29.2 Å². The van der Waals surface area contributed by atoms with Crippen LogP contribution in [-0.2, 0) is 4.79 Å². The summed E-state index contributed by atoms with van der Waals surface area (Å²) >= 11 is 2.63. The molecule has 4 rings (SSSR count). The van der Waals surface area contributed by atoms with Gasteiger partial charge in [0.15, 0.2) is 5.13 Å². The maximum atomic E-state index is 12.6. The molecule has 1 heterocycles. The average molecular weight is 578 g/mol. The minimum atomic E-state index is -1.41. The summed E-state index contributed by atoms with van der Waals surface area (Å²) in [5.74, 6) is -2.70. The fourth-order valence-electron chi connectivity index (χ4n) is 3.54. The molecule has 1 aromatic heterocycles. The number of benzene rings is 3. The quantitative estimate of drug-likeness (QED) is 0.167. The third-order valence-electron chi connectivity index (χ3n) is 5.44. The van der Waals surface area contributed by atoms with Crippen molar-refractivity contribution in [1.82, 2.24) is 4.98 Å². The predicted octanol–water partition coefficient (Wildman–Crippen LogP) is 5.59. The van der Waals surface area contributed by atoms with Crippen LogP contribution in [0, 0.1) is 0 Å². The largest absolute Gasteiger partial charge is 0.494 e. The molecular weight excluding hydrogens is 554 g/mol. The van der Waals surface area contributed by atoms with Crippen molar-refractivity contribution < 1.29 is 34.1 Å². The highest BCUT2D eigenvalue weighted by molar-refractivity contribution is 8.00. The zero-order valence-corrected chi connectivity index (χ0v) is 22.7. The maximum absolute atomic E-state index is 12.6. The zero-order valence-electron chi connectivity index (χ0n) is 21.0. The molecule has 3 aromatic carbocycles. The predicted molar refractivity (Wildman–Crippen MR) is 153 cm³/mol. The number of carbonyl (C=O) groups excluding carboxylic acids is 2. The minimum Gasteiger partial charge on any atom is -0.494 e. The van der Waals surface area contributed by atoms with Crippen LogP contribution < -0.4 is 15.4 Å². The number of ether oxygens (including phenoxy) is 1. The first-order valence-electron chi connectivity index (χ1n) is 11.9. The van der Waals surface area contributed by atoms with E-state index >= 15 is 0 Å². The molecule has 10 nitrogen and oxygen atoms in total. The third kappa shape index (κ3) is 7.24. The molecule has 0 aliphatic heterocycles. The topological polar surface area (TPSA) is 155 Å². The fraction of sp³-hybridized carbons (Fsp3) is 0.107. The van der Waals surface area contributed by atoms with Gasteiger partial charge in [-0.1, -0.05) is 0 Å². The van der Waals surface area contributed by atoms with Gasteiger partial charge in [0.2, 0.25) is 5.91 Å². The molecule has 0 saturated heterocycles. The number of carboxylic acids is 2. The van der Waals surface area contributed by atoms with E-state index in [1.54, 1.807) is 24.3 Å². The van der Waals surface area contributed by atoms with E-state index in [2.05, 4.69) is 15.6 Å². The van der Waals surface area contributed by atoms with E-state index in [9.17, 15) is 24.3 Å². The van der Waals surface area contributed by atoms with E-state index in [-0.39, 0.29) is 22.8 Å². The van der Waals surface area contributed by atoms with Gasteiger partial charge in [0.05, 0.1) is 34.7 Å². The van der Waals surface area contributed by atoms with Crippen LogP contribution in [0.1, 0.15) is 38.0 Å². The van der Waals surface area contributed by atoms with Crippen molar-refractivity contribution in [3.8, 4) is 17.0 Å². The molecule has 4 N–H and O–H groups in total. The number of thioether (sulfide) groups is 1. The number of carboxylic acid groups (broad SMARTS) is 2. The highest BCUT2D eigenvalue weighted by Crippen LogP contribution is 2.27. The van der Waals surface area contributed by atoms with Gasteiger partial charge in [0, 0.05) is 21.5 Å². The van der Waals surface area contributed by atoms with Gasteiger partial charge in [0.1, 0.15) is 5.75 Å². The Morgan fingerprint density at radius 3 is 2.27 bits per heavy atom. The highest BCUT2D eigenvalue weighted by atomic mass is 32.2. The number of nitrogens with one attached hydrogen (secondary N) is 2. The van der Waals surface area contributed by atoms with Gasteiger partial charge in [-0.2, -0.15) is 0 Å². The summed E-state index contributed by atoms with van der Waals surface area (Å²) in [4.78, 5) is 53.0. The van der Waals surface area contributed by atoms with Crippen LogP contribution in [0.5, 0.6) is 5.75 Å². The molecule has 0 atom stereocenters. The smallest absolute Gasteiger partial charge is 0.336 e. The van der Waals surface area contributed by atoms with Gasteiger partial charge in [-0.05, 0) is 73.7 Å². The van der Waals surface area contributed by atoms with Gasteiger partial charge >= 0.3 is 11.9 Å². The Kier molecular flexibility index (Phi) is 9.15. The number of thiazole rings is 1. The van der Waals surface area contributed by atoms with Crippen molar-refractivity contribution >= 4 is 57.7 Å². The molecule has 2 amide bonds. The van der Waals surface area contributed by atoms with Crippen LogP contribution in [0.4, 0.5) is 10.8 Å². The van der Waals surface area contributed by atoms with E-state index in [4.69, 9.17) is 9.84 Å². The number of anilines is 2. The first kappa shape index (κ1) is 28.3. The SMILES string of the molecule is CCOc1ccc(-c2csc(NC(=O)CSc3ccc(NC(=O)c4ccc(C(=O)O)cc4C(=O)O)cc3)n2)cc1. The fourth-order valence-corrected chi connectivity index (χ4v) is 4.98. The van der Waals surface area contributed by atoms with E-state index < -0.39 is 23.4 Å². The van der Waals surface area contributed by atoms with E-state index in [1.807, 2.05) is 36.6 Å². The van der Waals surface area contributed by atoms with Crippen molar-refractivity contribution in [2.45, 2.75) is 11.8 Å². The summed E-state index contributed by atoms with van der Waals surface area (Å²) in [6.45, 7) is 2.51. The number of aromatic nitrogens is 1. The van der Waals surface area contributed by atoms with Gasteiger partial charge in [0.25, 0.3) is 5.91 Å². The van der Waals surface area contributed by atoms with Crippen LogP contribution in [0.3, 0.4) is 0 Å². The molecule has 0 fully saturated rings. The second-order valence-corrected chi connectivity index (χ2v) is 10.1. The molecule has 0 unspecified atom stereocenters. The van der Waals surface area contributed by atoms with Crippen LogP contribution in [0.15, 0.2) is 77.0 Å². The lowest BCUT2D eigenvalue weighted by atomic mass is 10.0. The third-order valence-corrected chi connectivity index (χ3v) is 7.21. The Morgan fingerprint density at radius 1 is 0.900 bits per heavy atom. The second kappa shape index (κ2) is 12.9. The number of hydrogen-bond acceptors (Lipinski definition) is 8. The molecule has 0 bridgehead atoms. The zero-order chi connectivity index (χ0) is 28.6. The molecule has 0 aliphatic carbocycles. The first-order chi connectivity index (χ1) is 19.2. The summed E-state index contributed by atoms with van der Waals surface area (Å²) in [6.07, 6.45) is 0. The number of carbonyl (C=O) groups is 4. The summed E-state index contributed by atoms with van der Waals surface area (Å²) in [5, 5.41) is 26.2. The van der Waals surface area contributed by atoms with E-state index in [0.29, 0.717) is 17.4 Å². The summed E-state index contributed by atoms with van der Waals surface area (Å²) < 4.78 is 5.45. The summed E-state index contributed by atoms with van der Waals surface area (Å²) in [5.41, 5.74) is 1.26. The number of amides is 2. The lowest BCUT2D eigenvalue weighted by Crippen LogP contribution is -2.17. The molecule has 204 valence electrons. The highest BCUT2D eigenvalue weighted by Gasteiger charge is 2.19. The average Bonchev–Trinajstić information content (AvgIpc) is 3.41. The number of hydrogen-bond donors (Lipinski definition) is 4. The Balaban J connectivity index is 1.30. The molecule has 0 spiro atoms. The van der Waals surface area contributed by atoms with Crippen molar-refractivity contribution in [2.75, 3.05) is 23.0 Å². The lowest BCUT2D eigenvalue weighted by Gasteiger charge is -2.09. The molecule has 0 radical (unpaired) electrons. The monoisotopic (exact) mass is 577 g/mol. The summed E-state index contributed by atoms with van der Waals surface area (Å²) in [7, 11) is 0. The number of aromatic carboxylic acids is 2. The maximum Gasteiger partial charge on any atom is 0.336 e. The van der Waals surface area contributed by atoms with Crippen molar-refractivity contribution in [2.24, 2.45) is 0 Å². The molecule has 0 aliphatic rings. The van der Waals surface area contributed by atoms with Crippen molar-refractivity contribution in [1.29, 1.82) is 0 Å². The minimum absolute atomic E-state index is 0.140. The Hall–Kier alpha value is -4.68. The van der Waals surface area contributed by atoms with Crippen LogP contribution >= 0.6 is 23.1 Å².